The van der Waals surface area contributed by atoms with Crippen molar-refractivity contribution in [2.45, 2.75) is 58.0 Å². The summed E-state index contributed by atoms with van der Waals surface area (Å²) < 4.78 is 2.50. The van der Waals surface area contributed by atoms with Crippen molar-refractivity contribution in [2.75, 3.05) is 22.1 Å². The minimum absolute atomic E-state index is 0.0666. The number of fused-ring (bicyclic) bond motifs is 1. The zero-order valence-electron chi connectivity index (χ0n) is 21.4. The molecule has 0 fully saturated rings. The Bertz CT molecular complexity index is 1250. The summed E-state index contributed by atoms with van der Waals surface area (Å²) in [6.45, 7) is 12.4. The largest absolute Gasteiger partial charge is 0.353 e. The van der Waals surface area contributed by atoms with Crippen LogP contribution in [-0.4, -0.2) is 49.6 Å². The van der Waals surface area contributed by atoms with Crippen LogP contribution in [0.15, 0.2) is 40.7 Å². The first-order chi connectivity index (χ1) is 17.0. The number of hydrogen-bond acceptors (Lipinski definition) is 7. The van der Waals surface area contributed by atoms with Gasteiger partial charge in [0.25, 0.3) is 0 Å². The number of nitrogens with zero attached hydrogens (tertiary/aromatic N) is 2. The van der Waals surface area contributed by atoms with Crippen molar-refractivity contribution in [3.05, 3.63) is 47.5 Å². The van der Waals surface area contributed by atoms with Gasteiger partial charge in [-0.05, 0) is 71.4 Å². The molecule has 0 spiro atoms. The normalized spacial score (nSPS) is 11.2. The lowest BCUT2D eigenvalue weighted by Gasteiger charge is -2.32. The van der Waals surface area contributed by atoms with Crippen molar-refractivity contribution in [2.24, 2.45) is 0 Å². The van der Waals surface area contributed by atoms with Crippen LogP contribution in [-0.2, 0) is 9.59 Å². The Morgan fingerprint density at radius 3 is 2.36 bits per heavy atom. The minimum atomic E-state index is -0.101. The third-order valence-corrected chi connectivity index (χ3v) is 8.88. The standard InChI is InChI=1S/C26H32N4O2S4/c1-15(2)30(16(3)4)26(33)35-14-23(31)27-19-8-10-21-22(12-19)36-25(29-21)34-13-24(32)28-20-9-7-17(5)11-18(20)6/h7-12,15-16H,13-14H2,1-6H3,(H,27,31)(H,28,32). The van der Waals surface area contributed by atoms with E-state index in [2.05, 4.69) is 48.2 Å². The molecule has 0 saturated carbocycles. The van der Waals surface area contributed by atoms with E-state index in [1.54, 1.807) is 0 Å². The number of thiocarbonyl (C=S) groups is 1. The van der Waals surface area contributed by atoms with Gasteiger partial charge in [0.05, 0.1) is 21.7 Å². The monoisotopic (exact) mass is 560 g/mol. The number of thiazole rings is 1. The predicted molar refractivity (Wildman–Crippen MR) is 161 cm³/mol. The van der Waals surface area contributed by atoms with E-state index in [4.69, 9.17) is 12.2 Å². The van der Waals surface area contributed by atoms with Crippen molar-refractivity contribution in [1.82, 2.24) is 9.88 Å². The van der Waals surface area contributed by atoms with Crippen LogP contribution in [0, 0.1) is 13.8 Å². The molecule has 0 aliphatic carbocycles. The van der Waals surface area contributed by atoms with E-state index in [0.29, 0.717) is 0 Å². The van der Waals surface area contributed by atoms with Crippen LogP contribution in [0.25, 0.3) is 10.2 Å². The Balaban J connectivity index is 1.54. The Hall–Kier alpha value is -2.14. The number of nitrogens with one attached hydrogen (secondary N) is 2. The molecule has 10 heteroatoms. The summed E-state index contributed by atoms with van der Waals surface area (Å²) in [5.41, 5.74) is 4.60. The van der Waals surface area contributed by atoms with Gasteiger partial charge >= 0.3 is 0 Å². The third-order valence-electron chi connectivity index (χ3n) is 5.29. The number of carbonyl (C=O) groups excluding carboxylic acids is 2. The highest BCUT2D eigenvalue weighted by Gasteiger charge is 2.18. The van der Waals surface area contributed by atoms with Crippen molar-refractivity contribution >= 4 is 84.8 Å². The molecule has 0 saturated heterocycles. The van der Waals surface area contributed by atoms with Crippen molar-refractivity contribution in [3.63, 3.8) is 0 Å². The first-order valence-corrected chi connectivity index (χ1v) is 14.9. The lowest BCUT2D eigenvalue weighted by atomic mass is 10.1. The molecule has 6 nitrogen and oxygen atoms in total. The van der Waals surface area contributed by atoms with Gasteiger partial charge in [0.2, 0.25) is 11.8 Å². The van der Waals surface area contributed by atoms with Gasteiger partial charge in [-0.15, -0.1) is 11.3 Å². The van der Waals surface area contributed by atoms with Crippen LogP contribution in [0.2, 0.25) is 0 Å². The molecule has 36 heavy (non-hydrogen) atoms. The zero-order chi connectivity index (χ0) is 26.4. The van der Waals surface area contributed by atoms with Crippen LogP contribution >= 0.6 is 47.1 Å². The highest BCUT2D eigenvalue weighted by Crippen LogP contribution is 2.31. The maximum Gasteiger partial charge on any atom is 0.234 e. The summed E-state index contributed by atoms with van der Waals surface area (Å²) in [5, 5.41) is 5.92. The second-order valence-electron chi connectivity index (χ2n) is 9.02. The molecular formula is C26H32N4O2S4. The molecule has 0 atom stereocenters. The molecule has 1 aromatic heterocycles. The van der Waals surface area contributed by atoms with Crippen molar-refractivity contribution in [3.8, 4) is 0 Å². The summed E-state index contributed by atoms with van der Waals surface area (Å²) in [6.07, 6.45) is 0. The fraction of sp³-hybridized carbons (Fsp3) is 0.385. The van der Waals surface area contributed by atoms with Gasteiger partial charge in [0.1, 0.15) is 4.32 Å². The molecule has 0 aliphatic rings. The molecule has 2 amide bonds. The van der Waals surface area contributed by atoms with E-state index in [-0.39, 0.29) is 35.4 Å². The molecule has 192 valence electrons. The number of rotatable bonds is 9. The van der Waals surface area contributed by atoms with E-state index in [0.717, 1.165) is 41.4 Å². The first-order valence-electron chi connectivity index (χ1n) is 11.7. The van der Waals surface area contributed by atoms with Crippen LogP contribution in [0.4, 0.5) is 11.4 Å². The summed E-state index contributed by atoms with van der Waals surface area (Å²) >= 11 is 9.84. The van der Waals surface area contributed by atoms with E-state index >= 15 is 0 Å². The van der Waals surface area contributed by atoms with Gasteiger partial charge in [-0.2, -0.15) is 0 Å². The van der Waals surface area contributed by atoms with Crippen molar-refractivity contribution < 1.29 is 9.59 Å². The SMILES string of the molecule is Cc1ccc(NC(=O)CSc2nc3ccc(NC(=O)CSC(=S)N(C(C)C)C(C)C)cc3s2)c(C)c1. The number of benzene rings is 2. The molecule has 3 aromatic rings. The molecule has 1 heterocycles. The van der Waals surface area contributed by atoms with E-state index in [9.17, 15) is 9.59 Å². The molecule has 0 bridgehead atoms. The van der Waals surface area contributed by atoms with Gasteiger partial charge in [-0.25, -0.2) is 4.98 Å². The Morgan fingerprint density at radius 2 is 1.69 bits per heavy atom. The number of hydrogen-bond donors (Lipinski definition) is 2. The number of thioether (sulfide) groups is 2. The summed E-state index contributed by atoms with van der Waals surface area (Å²) in [4.78, 5) is 31.7. The molecule has 3 rings (SSSR count). The molecule has 2 N–H and O–H groups in total. The maximum atomic E-state index is 12.5. The fourth-order valence-corrected chi connectivity index (χ4v) is 7.13. The molecular weight excluding hydrogens is 529 g/mol. The molecule has 0 unspecified atom stereocenters. The lowest BCUT2D eigenvalue weighted by molar-refractivity contribution is -0.114. The number of anilines is 2. The summed E-state index contributed by atoms with van der Waals surface area (Å²) in [5.74, 6) is 0.364. The third kappa shape index (κ3) is 7.93. The van der Waals surface area contributed by atoms with Gasteiger partial charge in [-0.3, -0.25) is 9.59 Å². The maximum absolute atomic E-state index is 12.5. The van der Waals surface area contributed by atoms with E-state index in [1.807, 2.05) is 50.2 Å². The van der Waals surface area contributed by atoms with Crippen molar-refractivity contribution in [1.29, 1.82) is 0 Å². The fourth-order valence-electron chi connectivity index (χ4n) is 3.73. The van der Waals surface area contributed by atoms with Crippen LogP contribution in [0.3, 0.4) is 0 Å². The average molecular weight is 561 g/mol. The minimum Gasteiger partial charge on any atom is -0.353 e. The summed E-state index contributed by atoms with van der Waals surface area (Å²) in [6, 6.07) is 12.2. The van der Waals surface area contributed by atoms with Gasteiger partial charge in [-0.1, -0.05) is 53.4 Å². The van der Waals surface area contributed by atoms with Gasteiger partial charge < -0.3 is 15.5 Å². The Labute approximate surface area is 231 Å². The topological polar surface area (TPSA) is 74.3 Å². The number of carbonyl (C=O) groups is 2. The highest BCUT2D eigenvalue weighted by atomic mass is 32.2. The molecule has 0 aliphatic heterocycles. The van der Waals surface area contributed by atoms with Gasteiger partial charge in [0, 0.05) is 23.5 Å². The lowest BCUT2D eigenvalue weighted by Crippen LogP contribution is -2.40. The Morgan fingerprint density at radius 1 is 1.00 bits per heavy atom. The van der Waals surface area contributed by atoms with Crippen LogP contribution in [0.5, 0.6) is 0 Å². The second kappa shape index (κ2) is 12.9. The van der Waals surface area contributed by atoms with Crippen LogP contribution < -0.4 is 10.6 Å². The van der Waals surface area contributed by atoms with Gasteiger partial charge in [0.15, 0.2) is 4.34 Å². The number of aryl methyl sites for hydroxylation is 2. The first kappa shape index (κ1) is 28.4. The average Bonchev–Trinajstić information content (AvgIpc) is 3.20. The predicted octanol–water partition coefficient (Wildman–Crippen LogP) is 6.72. The summed E-state index contributed by atoms with van der Waals surface area (Å²) in [7, 11) is 0. The Kier molecular flexibility index (Phi) is 10.2. The molecule has 0 radical (unpaired) electrons. The second-order valence-corrected chi connectivity index (χ2v) is 12.9. The number of amides is 2. The number of aromatic nitrogens is 1. The van der Waals surface area contributed by atoms with E-state index < -0.39 is 0 Å². The van der Waals surface area contributed by atoms with Crippen LogP contribution in [0.1, 0.15) is 38.8 Å². The highest BCUT2D eigenvalue weighted by molar-refractivity contribution is 8.23. The molecule has 2 aromatic carbocycles. The quantitative estimate of drug-likeness (QED) is 0.222. The smallest absolute Gasteiger partial charge is 0.234 e. The zero-order valence-corrected chi connectivity index (χ0v) is 24.6. The van der Waals surface area contributed by atoms with E-state index in [1.165, 1.54) is 34.9 Å².